The summed E-state index contributed by atoms with van der Waals surface area (Å²) in [5, 5.41) is 2.71. The third-order valence-electron chi connectivity index (χ3n) is 3.35. The van der Waals surface area contributed by atoms with Gasteiger partial charge in [0, 0.05) is 19.4 Å². The summed E-state index contributed by atoms with van der Waals surface area (Å²) >= 11 is 0. The highest BCUT2D eigenvalue weighted by molar-refractivity contribution is 5.77. The highest BCUT2D eigenvalue weighted by atomic mass is 16.1. The Hall–Kier alpha value is -2.09. The molecule has 0 aliphatic heterocycles. The lowest BCUT2D eigenvalue weighted by Gasteiger charge is -2.17. The zero-order chi connectivity index (χ0) is 13.7. The fourth-order valence-corrected chi connectivity index (χ4v) is 2.20. The number of hydrogen-bond donors (Lipinski definition) is 1. The van der Waals surface area contributed by atoms with E-state index in [0.717, 1.165) is 0 Å². The monoisotopic (exact) mass is 253 g/mol. The van der Waals surface area contributed by atoms with Gasteiger partial charge in [-0.1, -0.05) is 60.2 Å². The van der Waals surface area contributed by atoms with E-state index in [1.54, 1.807) is 7.05 Å². The molecular formula is C17H19NO. The van der Waals surface area contributed by atoms with Crippen molar-refractivity contribution in [2.75, 3.05) is 7.05 Å². The summed E-state index contributed by atoms with van der Waals surface area (Å²) in [6, 6.07) is 18.6. The molecule has 1 amide bonds. The maximum absolute atomic E-state index is 11.7. The van der Waals surface area contributed by atoms with Crippen LogP contribution < -0.4 is 5.32 Å². The quantitative estimate of drug-likeness (QED) is 0.890. The second kappa shape index (κ2) is 6.19. The Morgan fingerprint density at radius 2 is 1.58 bits per heavy atom. The van der Waals surface area contributed by atoms with Gasteiger partial charge in [0.05, 0.1) is 0 Å². The summed E-state index contributed by atoms with van der Waals surface area (Å²) in [4.78, 5) is 11.7. The highest BCUT2D eigenvalue weighted by Crippen LogP contribution is 2.28. The van der Waals surface area contributed by atoms with Crippen molar-refractivity contribution < 1.29 is 4.79 Å². The molecule has 0 radical (unpaired) electrons. The zero-order valence-corrected chi connectivity index (χ0v) is 11.4. The minimum Gasteiger partial charge on any atom is -0.359 e. The van der Waals surface area contributed by atoms with Crippen molar-refractivity contribution in [3.63, 3.8) is 0 Å². The van der Waals surface area contributed by atoms with Crippen molar-refractivity contribution in [2.45, 2.75) is 19.3 Å². The molecule has 0 bridgehead atoms. The van der Waals surface area contributed by atoms with Gasteiger partial charge in [0.2, 0.25) is 5.91 Å². The molecule has 0 spiro atoms. The van der Waals surface area contributed by atoms with E-state index in [4.69, 9.17) is 0 Å². The van der Waals surface area contributed by atoms with Gasteiger partial charge in [0.25, 0.3) is 0 Å². The largest absolute Gasteiger partial charge is 0.359 e. The normalized spacial score (nSPS) is 11.9. The van der Waals surface area contributed by atoms with Gasteiger partial charge >= 0.3 is 0 Å². The van der Waals surface area contributed by atoms with E-state index in [2.05, 4.69) is 48.6 Å². The second-order valence-electron chi connectivity index (χ2n) is 4.75. The molecule has 1 N–H and O–H groups in total. The van der Waals surface area contributed by atoms with Crippen LogP contribution in [0.1, 0.15) is 29.0 Å². The van der Waals surface area contributed by atoms with Crippen molar-refractivity contribution in [1.29, 1.82) is 0 Å². The SMILES string of the molecule is CNC(=O)CC(c1ccccc1)c1ccc(C)cc1. The zero-order valence-electron chi connectivity index (χ0n) is 11.4. The van der Waals surface area contributed by atoms with Gasteiger partial charge in [0.15, 0.2) is 0 Å². The molecular weight excluding hydrogens is 234 g/mol. The van der Waals surface area contributed by atoms with E-state index >= 15 is 0 Å². The Morgan fingerprint density at radius 1 is 1.00 bits per heavy atom. The molecule has 19 heavy (non-hydrogen) atoms. The Bertz CT molecular complexity index is 531. The number of carbonyl (C=O) groups is 1. The lowest BCUT2D eigenvalue weighted by atomic mass is 9.88. The molecule has 0 aliphatic rings. The molecule has 2 rings (SSSR count). The third kappa shape index (κ3) is 3.44. The van der Waals surface area contributed by atoms with E-state index in [1.165, 1.54) is 16.7 Å². The van der Waals surface area contributed by atoms with Crippen LogP contribution in [0.25, 0.3) is 0 Å². The maximum atomic E-state index is 11.7. The molecule has 1 atom stereocenters. The molecule has 2 heteroatoms. The molecule has 2 aromatic rings. The highest BCUT2D eigenvalue weighted by Gasteiger charge is 2.17. The van der Waals surface area contributed by atoms with Crippen LogP contribution in [0.4, 0.5) is 0 Å². The van der Waals surface area contributed by atoms with Crippen LogP contribution in [-0.2, 0) is 4.79 Å². The Labute approximate surface area is 114 Å². The summed E-state index contributed by atoms with van der Waals surface area (Å²) in [7, 11) is 1.68. The van der Waals surface area contributed by atoms with Crippen molar-refractivity contribution >= 4 is 5.91 Å². The fraction of sp³-hybridized carbons (Fsp3) is 0.235. The second-order valence-corrected chi connectivity index (χ2v) is 4.75. The minimum absolute atomic E-state index is 0.0643. The predicted molar refractivity (Wildman–Crippen MR) is 78.1 cm³/mol. The number of rotatable bonds is 4. The average molecular weight is 253 g/mol. The molecule has 0 saturated heterocycles. The van der Waals surface area contributed by atoms with Crippen molar-refractivity contribution in [2.24, 2.45) is 0 Å². The number of amides is 1. The first-order valence-electron chi connectivity index (χ1n) is 6.53. The van der Waals surface area contributed by atoms with Crippen molar-refractivity contribution in [3.8, 4) is 0 Å². The van der Waals surface area contributed by atoms with Gasteiger partial charge in [-0.2, -0.15) is 0 Å². The average Bonchev–Trinajstić information content (AvgIpc) is 2.46. The van der Waals surface area contributed by atoms with E-state index in [0.29, 0.717) is 6.42 Å². The van der Waals surface area contributed by atoms with Gasteiger partial charge < -0.3 is 5.32 Å². The summed E-state index contributed by atoms with van der Waals surface area (Å²) in [5.74, 6) is 0.177. The van der Waals surface area contributed by atoms with Gasteiger partial charge in [-0.15, -0.1) is 0 Å². The lowest BCUT2D eigenvalue weighted by molar-refractivity contribution is -0.120. The predicted octanol–water partition coefficient (Wildman–Crippen LogP) is 3.26. The van der Waals surface area contributed by atoms with Crippen LogP contribution in [0.15, 0.2) is 54.6 Å². The summed E-state index contributed by atoms with van der Waals surface area (Å²) in [5.41, 5.74) is 3.59. The van der Waals surface area contributed by atoms with Gasteiger partial charge in [-0.05, 0) is 18.1 Å². The lowest BCUT2D eigenvalue weighted by Crippen LogP contribution is -2.21. The number of carbonyl (C=O) groups excluding carboxylic acids is 1. The molecule has 0 saturated carbocycles. The first kappa shape index (κ1) is 13.3. The van der Waals surface area contributed by atoms with Crippen LogP contribution in [0, 0.1) is 6.92 Å². The standard InChI is InChI=1S/C17H19NO/c1-13-8-10-15(11-9-13)16(12-17(19)18-2)14-6-4-3-5-7-14/h3-11,16H,12H2,1-2H3,(H,18,19). The summed E-state index contributed by atoms with van der Waals surface area (Å²) in [6.07, 6.45) is 0.476. The Morgan fingerprint density at radius 3 is 2.16 bits per heavy atom. The van der Waals surface area contributed by atoms with Gasteiger partial charge in [-0.3, -0.25) is 4.79 Å². The number of hydrogen-bond acceptors (Lipinski definition) is 1. The molecule has 2 aromatic carbocycles. The third-order valence-corrected chi connectivity index (χ3v) is 3.35. The smallest absolute Gasteiger partial charge is 0.220 e. The molecule has 0 fully saturated rings. The first-order valence-corrected chi connectivity index (χ1v) is 6.53. The minimum atomic E-state index is 0.0643. The summed E-state index contributed by atoms with van der Waals surface area (Å²) < 4.78 is 0. The molecule has 98 valence electrons. The number of nitrogens with one attached hydrogen (secondary N) is 1. The first-order chi connectivity index (χ1) is 9.20. The van der Waals surface area contributed by atoms with Crippen LogP contribution >= 0.6 is 0 Å². The fourth-order valence-electron chi connectivity index (χ4n) is 2.20. The van der Waals surface area contributed by atoms with Crippen LogP contribution in [-0.4, -0.2) is 13.0 Å². The van der Waals surface area contributed by atoms with Crippen molar-refractivity contribution in [1.82, 2.24) is 5.32 Å². The van der Waals surface area contributed by atoms with Crippen LogP contribution in [0.2, 0.25) is 0 Å². The van der Waals surface area contributed by atoms with Crippen LogP contribution in [0.5, 0.6) is 0 Å². The molecule has 0 heterocycles. The topological polar surface area (TPSA) is 29.1 Å². The van der Waals surface area contributed by atoms with Gasteiger partial charge in [-0.25, -0.2) is 0 Å². The number of benzene rings is 2. The molecule has 2 nitrogen and oxygen atoms in total. The van der Waals surface area contributed by atoms with Gasteiger partial charge in [0.1, 0.15) is 0 Å². The summed E-state index contributed by atoms with van der Waals surface area (Å²) in [6.45, 7) is 2.07. The van der Waals surface area contributed by atoms with E-state index in [-0.39, 0.29) is 11.8 Å². The Kier molecular flexibility index (Phi) is 4.35. The van der Waals surface area contributed by atoms with Crippen molar-refractivity contribution in [3.05, 3.63) is 71.3 Å². The Balaban J connectivity index is 2.34. The molecule has 0 aromatic heterocycles. The van der Waals surface area contributed by atoms with E-state index < -0.39 is 0 Å². The maximum Gasteiger partial charge on any atom is 0.220 e. The number of aryl methyl sites for hydroxylation is 1. The molecule has 0 aliphatic carbocycles. The van der Waals surface area contributed by atoms with E-state index in [1.807, 2.05) is 18.2 Å². The van der Waals surface area contributed by atoms with E-state index in [9.17, 15) is 4.79 Å². The van der Waals surface area contributed by atoms with Crippen LogP contribution in [0.3, 0.4) is 0 Å². The molecule has 1 unspecified atom stereocenters.